The van der Waals surface area contributed by atoms with Crippen molar-refractivity contribution in [1.82, 2.24) is 10.2 Å². The first kappa shape index (κ1) is 16.4. The maximum Gasteiger partial charge on any atom is 0.221 e. The van der Waals surface area contributed by atoms with Gasteiger partial charge in [-0.1, -0.05) is 13.8 Å². The van der Waals surface area contributed by atoms with Gasteiger partial charge in [-0.3, -0.25) is 4.79 Å². The van der Waals surface area contributed by atoms with Crippen LogP contribution in [0.1, 0.15) is 52.9 Å². The van der Waals surface area contributed by atoms with E-state index >= 15 is 0 Å². The fourth-order valence-electron chi connectivity index (χ4n) is 2.47. The molecule has 3 N–H and O–H groups in total. The van der Waals surface area contributed by atoms with Gasteiger partial charge in [-0.05, 0) is 58.2 Å². The summed E-state index contributed by atoms with van der Waals surface area (Å²) in [7, 11) is 0. The third-order valence-corrected chi connectivity index (χ3v) is 4.06. The Morgan fingerprint density at radius 2 is 2.00 bits per heavy atom. The maximum absolute atomic E-state index is 11.8. The molecule has 0 aromatic heterocycles. The van der Waals surface area contributed by atoms with Gasteiger partial charge < -0.3 is 16.0 Å². The van der Waals surface area contributed by atoms with Crippen molar-refractivity contribution in [2.75, 3.05) is 19.6 Å². The molecular formula is C15H31N3O. The van der Waals surface area contributed by atoms with Crippen LogP contribution < -0.4 is 11.1 Å². The van der Waals surface area contributed by atoms with Crippen LogP contribution in [-0.2, 0) is 4.79 Å². The minimum absolute atomic E-state index is 0.0721. The molecule has 2 unspecified atom stereocenters. The van der Waals surface area contributed by atoms with E-state index in [4.69, 9.17) is 5.73 Å². The average Bonchev–Trinajstić information content (AvgIpc) is 3.18. The zero-order chi connectivity index (χ0) is 14.3. The first-order chi connectivity index (χ1) is 9.06. The number of nitrogens with zero attached hydrogens (tertiary/aromatic N) is 1. The Morgan fingerprint density at radius 3 is 2.53 bits per heavy atom. The third-order valence-electron chi connectivity index (χ3n) is 4.06. The number of rotatable bonds is 10. The van der Waals surface area contributed by atoms with Gasteiger partial charge in [-0.25, -0.2) is 0 Å². The zero-order valence-corrected chi connectivity index (χ0v) is 12.8. The van der Waals surface area contributed by atoms with Gasteiger partial charge in [-0.15, -0.1) is 0 Å². The molecule has 0 bridgehead atoms. The van der Waals surface area contributed by atoms with Gasteiger partial charge in [0.2, 0.25) is 5.91 Å². The van der Waals surface area contributed by atoms with Crippen LogP contribution in [0.3, 0.4) is 0 Å². The summed E-state index contributed by atoms with van der Waals surface area (Å²) in [5.74, 6) is 0.721. The molecule has 0 saturated heterocycles. The molecule has 1 amide bonds. The number of nitrogens with one attached hydrogen (secondary N) is 1. The predicted octanol–water partition coefficient (Wildman–Crippen LogP) is 1.74. The van der Waals surface area contributed by atoms with E-state index in [0.717, 1.165) is 32.5 Å². The molecule has 1 aliphatic rings. The van der Waals surface area contributed by atoms with Crippen molar-refractivity contribution in [3.63, 3.8) is 0 Å². The van der Waals surface area contributed by atoms with Crippen LogP contribution in [0.15, 0.2) is 0 Å². The number of nitrogens with two attached hydrogens (primary N) is 1. The first-order valence-corrected chi connectivity index (χ1v) is 7.84. The lowest BCUT2D eigenvalue weighted by atomic mass is 10.1. The molecule has 4 heteroatoms. The van der Waals surface area contributed by atoms with E-state index < -0.39 is 0 Å². The van der Waals surface area contributed by atoms with Crippen molar-refractivity contribution < 1.29 is 4.79 Å². The third kappa shape index (κ3) is 6.92. The second-order valence-electron chi connectivity index (χ2n) is 5.84. The van der Waals surface area contributed by atoms with Crippen molar-refractivity contribution in [2.24, 2.45) is 11.7 Å². The lowest BCUT2D eigenvalue weighted by molar-refractivity contribution is -0.122. The Balaban J connectivity index is 2.08. The van der Waals surface area contributed by atoms with E-state index in [2.05, 4.69) is 31.0 Å². The summed E-state index contributed by atoms with van der Waals surface area (Å²) in [6, 6.07) is 0.331. The molecular weight excluding hydrogens is 238 g/mol. The Bertz CT molecular complexity index is 262. The summed E-state index contributed by atoms with van der Waals surface area (Å²) in [5.41, 5.74) is 5.96. The molecule has 2 atom stereocenters. The van der Waals surface area contributed by atoms with Crippen LogP contribution in [0.25, 0.3) is 0 Å². The summed E-state index contributed by atoms with van der Waals surface area (Å²) in [5, 5.41) is 3.07. The van der Waals surface area contributed by atoms with Gasteiger partial charge in [0.25, 0.3) is 0 Å². The fourth-order valence-corrected chi connectivity index (χ4v) is 2.47. The molecule has 1 rings (SSSR count). The van der Waals surface area contributed by atoms with E-state index in [1.807, 2.05) is 0 Å². The lowest BCUT2D eigenvalue weighted by Gasteiger charge is -2.20. The Labute approximate surface area is 118 Å². The van der Waals surface area contributed by atoms with E-state index in [1.165, 1.54) is 12.8 Å². The summed E-state index contributed by atoms with van der Waals surface area (Å²) in [6.07, 6.45) is 5.07. The SMILES string of the molecule is CCN(CC)CCCC(C)NC(=O)CC(N)C1CC1. The predicted molar refractivity (Wildman–Crippen MR) is 79.9 cm³/mol. The molecule has 0 spiro atoms. The summed E-state index contributed by atoms with van der Waals surface area (Å²) in [4.78, 5) is 14.2. The van der Waals surface area contributed by atoms with Crippen LogP contribution in [-0.4, -0.2) is 42.5 Å². The standard InChI is InChI=1S/C15H31N3O/c1-4-18(5-2)10-6-7-12(3)17-15(19)11-14(16)13-8-9-13/h12-14H,4-11,16H2,1-3H3,(H,17,19). The quantitative estimate of drug-likeness (QED) is 0.635. The van der Waals surface area contributed by atoms with Crippen molar-refractivity contribution in [3.8, 4) is 0 Å². The average molecular weight is 269 g/mol. The van der Waals surface area contributed by atoms with E-state index in [0.29, 0.717) is 12.3 Å². The molecule has 1 saturated carbocycles. The second kappa shape index (κ2) is 8.54. The van der Waals surface area contributed by atoms with Crippen LogP contribution in [0.4, 0.5) is 0 Å². The summed E-state index contributed by atoms with van der Waals surface area (Å²) >= 11 is 0. The zero-order valence-electron chi connectivity index (χ0n) is 12.8. The molecule has 1 aliphatic carbocycles. The van der Waals surface area contributed by atoms with Crippen molar-refractivity contribution >= 4 is 5.91 Å². The van der Waals surface area contributed by atoms with Gasteiger partial charge in [0.1, 0.15) is 0 Å². The molecule has 19 heavy (non-hydrogen) atoms. The maximum atomic E-state index is 11.8. The molecule has 0 aliphatic heterocycles. The summed E-state index contributed by atoms with van der Waals surface area (Å²) < 4.78 is 0. The number of carbonyl (C=O) groups excluding carboxylic acids is 1. The fraction of sp³-hybridized carbons (Fsp3) is 0.933. The molecule has 112 valence electrons. The first-order valence-electron chi connectivity index (χ1n) is 7.84. The molecule has 0 radical (unpaired) electrons. The van der Waals surface area contributed by atoms with Crippen molar-refractivity contribution in [2.45, 2.75) is 65.0 Å². The van der Waals surface area contributed by atoms with Crippen molar-refractivity contribution in [3.05, 3.63) is 0 Å². The Morgan fingerprint density at radius 1 is 1.37 bits per heavy atom. The van der Waals surface area contributed by atoms with E-state index in [-0.39, 0.29) is 18.0 Å². The normalized spacial score (nSPS) is 18.4. The smallest absolute Gasteiger partial charge is 0.221 e. The van der Waals surface area contributed by atoms with Crippen molar-refractivity contribution in [1.29, 1.82) is 0 Å². The van der Waals surface area contributed by atoms with Gasteiger partial charge in [0.15, 0.2) is 0 Å². The van der Waals surface area contributed by atoms with E-state index in [1.54, 1.807) is 0 Å². The molecule has 0 heterocycles. The highest BCUT2D eigenvalue weighted by Crippen LogP contribution is 2.32. The van der Waals surface area contributed by atoms with Crippen LogP contribution in [0.2, 0.25) is 0 Å². The van der Waals surface area contributed by atoms with E-state index in [9.17, 15) is 4.79 Å². The number of amides is 1. The molecule has 0 aromatic carbocycles. The highest BCUT2D eigenvalue weighted by molar-refractivity contribution is 5.76. The van der Waals surface area contributed by atoms with Gasteiger partial charge in [0, 0.05) is 18.5 Å². The molecule has 1 fully saturated rings. The van der Waals surface area contributed by atoms with Gasteiger partial charge >= 0.3 is 0 Å². The lowest BCUT2D eigenvalue weighted by Crippen LogP contribution is -2.38. The van der Waals surface area contributed by atoms with Gasteiger partial charge in [-0.2, -0.15) is 0 Å². The Hall–Kier alpha value is -0.610. The van der Waals surface area contributed by atoms with Gasteiger partial charge in [0.05, 0.1) is 0 Å². The highest BCUT2D eigenvalue weighted by atomic mass is 16.1. The highest BCUT2D eigenvalue weighted by Gasteiger charge is 2.29. The Kier molecular flexibility index (Phi) is 7.39. The molecule has 0 aromatic rings. The molecule has 4 nitrogen and oxygen atoms in total. The van der Waals surface area contributed by atoms with Crippen LogP contribution >= 0.6 is 0 Å². The second-order valence-corrected chi connectivity index (χ2v) is 5.84. The minimum atomic E-state index is 0.0721. The monoisotopic (exact) mass is 269 g/mol. The topological polar surface area (TPSA) is 58.4 Å². The summed E-state index contributed by atoms with van der Waals surface area (Å²) in [6.45, 7) is 9.79. The number of hydrogen-bond donors (Lipinski definition) is 2. The number of carbonyl (C=O) groups is 1. The van der Waals surface area contributed by atoms with Crippen LogP contribution in [0.5, 0.6) is 0 Å². The van der Waals surface area contributed by atoms with Crippen LogP contribution in [0, 0.1) is 5.92 Å². The minimum Gasteiger partial charge on any atom is -0.354 e. The number of hydrogen-bond acceptors (Lipinski definition) is 3. The largest absolute Gasteiger partial charge is 0.354 e.